The van der Waals surface area contributed by atoms with Crippen LogP contribution >= 0.6 is 0 Å². The number of amides is 1. The van der Waals surface area contributed by atoms with Crippen molar-refractivity contribution in [3.8, 4) is 6.01 Å². The van der Waals surface area contributed by atoms with Crippen LogP contribution in [0.2, 0.25) is 0 Å². The number of aromatic nitrogens is 4. The molecule has 1 fully saturated rings. The maximum atomic E-state index is 12.4. The molecule has 1 saturated heterocycles. The minimum atomic E-state index is -0.574. The van der Waals surface area contributed by atoms with E-state index in [1.807, 2.05) is 0 Å². The third-order valence-electron chi connectivity index (χ3n) is 4.79. The highest BCUT2D eigenvalue weighted by molar-refractivity contribution is 5.79. The molecule has 2 aromatic heterocycles. The van der Waals surface area contributed by atoms with Crippen LogP contribution in [-0.2, 0) is 17.9 Å². The van der Waals surface area contributed by atoms with Crippen molar-refractivity contribution in [3.63, 3.8) is 0 Å². The van der Waals surface area contributed by atoms with E-state index in [1.165, 1.54) is 18.1 Å². The van der Waals surface area contributed by atoms with Gasteiger partial charge in [0.2, 0.25) is 11.9 Å². The summed E-state index contributed by atoms with van der Waals surface area (Å²) in [6, 6.07) is 7.18. The van der Waals surface area contributed by atoms with Crippen LogP contribution in [0.4, 0.5) is 5.95 Å². The Balaban J connectivity index is 1.46. The number of oxazole rings is 1. The molecule has 29 heavy (non-hydrogen) atoms. The van der Waals surface area contributed by atoms with Gasteiger partial charge in [-0.3, -0.25) is 9.36 Å². The average molecular weight is 398 g/mol. The Morgan fingerprint density at radius 3 is 2.76 bits per heavy atom. The zero-order chi connectivity index (χ0) is 20.2. The van der Waals surface area contributed by atoms with Crippen molar-refractivity contribution in [2.24, 2.45) is 0 Å². The Morgan fingerprint density at radius 1 is 1.17 bits per heavy atom. The fourth-order valence-electron chi connectivity index (χ4n) is 3.33. The molecule has 0 saturated carbocycles. The molecule has 0 radical (unpaired) electrons. The lowest BCUT2D eigenvalue weighted by molar-refractivity contribution is -0.121. The molecule has 10 nitrogen and oxygen atoms in total. The predicted molar refractivity (Wildman–Crippen MR) is 105 cm³/mol. The zero-order valence-electron chi connectivity index (χ0n) is 16.1. The van der Waals surface area contributed by atoms with Crippen molar-refractivity contribution >= 4 is 23.0 Å². The van der Waals surface area contributed by atoms with Gasteiger partial charge in [0, 0.05) is 13.1 Å². The quantitative estimate of drug-likeness (QED) is 0.656. The number of para-hydroxylation sites is 2. The van der Waals surface area contributed by atoms with E-state index in [0.717, 1.165) is 25.9 Å². The van der Waals surface area contributed by atoms with E-state index >= 15 is 0 Å². The molecule has 3 heterocycles. The summed E-state index contributed by atoms with van der Waals surface area (Å²) < 4.78 is 11.6. The van der Waals surface area contributed by atoms with Gasteiger partial charge in [-0.25, -0.2) is 4.79 Å². The van der Waals surface area contributed by atoms with E-state index in [1.54, 1.807) is 24.3 Å². The SMILES string of the molecule is COc1nc(CNC(=O)Cn2c(=O)oc3ccccc32)nc(N2CCCCC2)n1. The summed E-state index contributed by atoms with van der Waals surface area (Å²) in [5.41, 5.74) is 1.01. The standard InChI is InChI=1S/C19H22N6O4/c1-28-18-22-15(21-17(23-18)24-9-5-2-6-10-24)11-20-16(26)12-25-13-7-3-4-8-14(13)29-19(25)27/h3-4,7-8H,2,5-6,9-12H2,1H3,(H,20,26). The fourth-order valence-corrected chi connectivity index (χ4v) is 3.33. The number of anilines is 1. The number of piperidine rings is 1. The molecule has 1 aliphatic rings. The molecule has 1 amide bonds. The minimum Gasteiger partial charge on any atom is -0.467 e. The van der Waals surface area contributed by atoms with Gasteiger partial charge in [-0.15, -0.1) is 0 Å². The van der Waals surface area contributed by atoms with Crippen LogP contribution in [0.3, 0.4) is 0 Å². The lowest BCUT2D eigenvalue weighted by atomic mass is 10.1. The van der Waals surface area contributed by atoms with Crippen LogP contribution in [0.25, 0.3) is 11.1 Å². The monoisotopic (exact) mass is 398 g/mol. The number of hydrogen-bond donors (Lipinski definition) is 1. The van der Waals surface area contributed by atoms with Crippen LogP contribution < -0.4 is 20.7 Å². The Morgan fingerprint density at radius 2 is 1.97 bits per heavy atom. The molecular weight excluding hydrogens is 376 g/mol. The highest BCUT2D eigenvalue weighted by Gasteiger charge is 2.17. The van der Waals surface area contributed by atoms with Crippen LogP contribution in [0, 0.1) is 0 Å². The van der Waals surface area contributed by atoms with Crippen molar-refractivity contribution in [2.75, 3.05) is 25.1 Å². The molecule has 0 spiro atoms. The lowest BCUT2D eigenvalue weighted by Gasteiger charge is -2.26. The first-order valence-corrected chi connectivity index (χ1v) is 9.53. The number of fused-ring (bicyclic) bond motifs is 1. The summed E-state index contributed by atoms with van der Waals surface area (Å²) in [6.45, 7) is 1.71. The predicted octanol–water partition coefficient (Wildman–Crippen LogP) is 1.09. The normalized spacial score (nSPS) is 14.2. The van der Waals surface area contributed by atoms with Crippen LogP contribution in [0.1, 0.15) is 25.1 Å². The van der Waals surface area contributed by atoms with Crippen molar-refractivity contribution in [1.82, 2.24) is 24.8 Å². The molecule has 1 N–H and O–H groups in total. The molecule has 1 aliphatic heterocycles. The second-order valence-electron chi connectivity index (χ2n) is 6.78. The molecule has 0 unspecified atom stereocenters. The molecule has 0 atom stereocenters. The van der Waals surface area contributed by atoms with Gasteiger partial charge in [-0.05, 0) is 31.4 Å². The molecule has 0 aliphatic carbocycles. The van der Waals surface area contributed by atoms with Gasteiger partial charge in [0.05, 0.1) is 19.2 Å². The van der Waals surface area contributed by atoms with Gasteiger partial charge in [-0.2, -0.15) is 15.0 Å². The summed E-state index contributed by atoms with van der Waals surface area (Å²) in [4.78, 5) is 39.5. The number of hydrogen-bond acceptors (Lipinski definition) is 8. The number of nitrogens with one attached hydrogen (secondary N) is 1. The Kier molecular flexibility index (Phi) is 5.41. The van der Waals surface area contributed by atoms with Crippen LogP contribution in [0.15, 0.2) is 33.5 Å². The summed E-state index contributed by atoms with van der Waals surface area (Å²) >= 11 is 0. The van der Waals surface area contributed by atoms with Gasteiger partial charge in [-0.1, -0.05) is 12.1 Å². The first-order valence-electron chi connectivity index (χ1n) is 9.53. The van der Waals surface area contributed by atoms with Crippen LogP contribution in [0.5, 0.6) is 6.01 Å². The molecule has 4 rings (SSSR count). The molecule has 1 aromatic carbocycles. The van der Waals surface area contributed by atoms with Gasteiger partial charge < -0.3 is 19.4 Å². The molecule has 152 valence electrons. The maximum absolute atomic E-state index is 12.4. The van der Waals surface area contributed by atoms with E-state index in [9.17, 15) is 9.59 Å². The van der Waals surface area contributed by atoms with Gasteiger partial charge in [0.1, 0.15) is 6.54 Å². The Labute approximate surface area is 166 Å². The smallest absolute Gasteiger partial charge is 0.420 e. The number of benzene rings is 1. The minimum absolute atomic E-state index is 0.100. The second-order valence-corrected chi connectivity index (χ2v) is 6.78. The number of ether oxygens (including phenoxy) is 1. The zero-order valence-corrected chi connectivity index (χ0v) is 16.1. The van der Waals surface area contributed by atoms with E-state index in [0.29, 0.717) is 22.9 Å². The highest BCUT2D eigenvalue weighted by atomic mass is 16.5. The van der Waals surface area contributed by atoms with Crippen molar-refractivity contribution in [2.45, 2.75) is 32.4 Å². The Bertz CT molecular complexity index is 1070. The Hall–Kier alpha value is -3.43. The number of nitrogens with zero attached hydrogens (tertiary/aromatic N) is 5. The lowest BCUT2D eigenvalue weighted by Crippen LogP contribution is -2.33. The van der Waals surface area contributed by atoms with Gasteiger partial charge in [0.15, 0.2) is 11.4 Å². The second kappa shape index (κ2) is 8.29. The number of rotatable bonds is 6. The van der Waals surface area contributed by atoms with E-state index in [4.69, 9.17) is 9.15 Å². The first kappa shape index (κ1) is 18.9. The summed E-state index contributed by atoms with van der Waals surface area (Å²) in [6.07, 6.45) is 3.38. The van der Waals surface area contributed by atoms with Gasteiger partial charge >= 0.3 is 11.8 Å². The van der Waals surface area contributed by atoms with Crippen molar-refractivity contribution < 1.29 is 13.9 Å². The largest absolute Gasteiger partial charge is 0.467 e. The van der Waals surface area contributed by atoms with Crippen molar-refractivity contribution in [1.29, 1.82) is 0 Å². The van der Waals surface area contributed by atoms with E-state index in [-0.39, 0.29) is 25.0 Å². The molecular formula is C19H22N6O4. The third-order valence-corrected chi connectivity index (χ3v) is 4.79. The first-order chi connectivity index (χ1) is 14.1. The topological polar surface area (TPSA) is 115 Å². The highest BCUT2D eigenvalue weighted by Crippen LogP contribution is 2.17. The molecule has 10 heteroatoms. The average Bonchev–Trinajstić information content (AvgIpc) is 3.07. The maximum Gasteiger partial charge on any atom is 0.420 e. The number of carbonyl (C=O) groups excluding carboxylic acids is 1. The summed E-state index contributed by atoms with van der Waals surface area (Å²) in [5, 5.41) is 2.74. The van der Waals surface area contributed by atoms with Gasteiger partial charge in [0.25, 0.3) is 0 Å². The number of methoxy groups -OCH3 is 1. The van der Waals surface area contributed by atoms with E-state index < -0.39 is 5.76 Å². The van der Waals surface area contributed by atoms with E-state index in [2.05, 4.69) is 25.2 Å². The summed E-state index contributed by atoms with van der Waals surface area (Å²) in [7, 11) is 1.49. The summed E-state index contributed by atoms with van der Waals surface area (Å²) in [5.74, 6) is 0.0288. The molecule has 0 bridgehead atoms. The third kappa shape index (κ3) is 4.20. The van der Waals surface area contributed by atoms with Crippen LogP contribution in [-0.4, -0.2) is 45.6 Å². The molecule has 3 aromatic rings. The van der Waals surface area contributed by atoms with Crippen molar-refractivity contribution in [3.05, 3.63) is 40.6 Å². The number of carbonyl (C=O) groups is 1. The fraction of sp³-hybridized carbons (Fsp3) is 0.421.